The van der Waals surface area contributed by atoms with Crippen LogP contribution in [0.15, 0.2) is 6.07 Å². The summed E-state index contributed by atoms with van der Waals surface area (Å²) in [6.07, 6.45) is 0. The zero-order valence-electron chi connectivity index (χ0n) is 12.0. The van der Waals surface area contributed by atoms with Crippen LogP contribution in [-0.2, 0) is 5.41 Å². The Morgan fingerprint density at radius 2 is 1.72 bits per heavy atom. The maximum Gasteiger partial charge on any atom is 0.135 e. The molecule has 0 aromatic carbocycles. The molecule has 100 valence electrons. The zero-order valence-corrected chi connectivity index (χ0v) is 12.0. The number of hydrogen-bond acceptors (Lipinski definition) is 4. The summed E-state index contributed by atoms with van der Waals surface area (Å²) in [6, 6.07) is 2.03. The largest absolute Gasteiger partial charge is 0.314 e. The average molecular weight is 248 g/mol. The van der Waals surface area contributed by atoms with Crippen LogP contribution in [0.2, 0.25) is 0 Å². The van der Waals surface area contributed by atoms with Crippen molar-refractivity contribution in [3.63, 3.8) is 0 Å². The molecule has 4 heteroatoms. The number of aryl methyl sites for hydroxylation is 2. The van der Waals surface area contributed by atoms with Gasteiger partial charge in [-0.25, -0.2) is 9.97 Å². The van der Waals surface area contributed by atoms with Crippen molar-refractivity contribution in [3.8, 4) is 0 Å². The smallest absolute Gasteiger partial charge is 0.135 e. The highest BCUT2D eigenvalue weighted by Gasteiger charge is 2.27. The predicted octanol–water partition coefficient (Wildman–Crippen LogP) is 1.28. The molecule has 1 aromatic heterocycles. The minimum Gasteiger partial charge on any atom is -0.314 e. The van der Waals surface area contributed by atoms with Crippen molar-refractivity contribution in [3.05, 3.63) is 23.3 Å². The Morgan fingerprint density at radius 3 is 2.28 bits per heavy atom. The van der Waals surface area contributed by atoms with Crippen LogP contribution in [0.5, 0.6) is 0 Å². The van der Waals surface area contributed by atoms with E-state index in [1.54, 1.807) is 0 Å². The summed E-state index contributed by atoms with van der Waals surface area (Å²) in [6.45, 7) is 14.0. The molecule has 0 atom stereocenters. The summed E-state index contributed by atoms with van der Waals surface area (Å²) in [5, 5.41) is 3.39. The Balaban J connectivity index is 2.13. The van der Waals surface area contributed by atoms with Gasteiger partial charge < -0.3 is 5.32 Å². The molecule has 1 N–H and O–H groups in total. The second-order valence-electron chi connectivity index (χ2n) is 5.88. The van der Waals surface area contributed by atoms with Crippen molar-refractivity contribution in [1.82, 2.24) is 20.2 Å². The standard InChI is InChI=1S/C14H24N4/c1-11-9-12(2)17-13(16-11)14(3,4)10-18-7-5-15-6-8-18/h9,15H,5-8,10H2,1-4H3. The van der Waals surface area contributed by atoms with E-state index in [9.17, 15) is 0 Å². The van der Waals surface area contributed by atoms with Gasteiger partial charge in [-0.05, 0) is 19.9 Å². The molecule has 0 saturated carbocycles. The third kappa shape index (κ3) is 3.27. The van der Waals surface area contributed by atoms with Crippen molar-refractivity contribution >= 4 is 0 Å². The molecule has 2 rings (SSSR count). The average Bonchev–Trinajstić information content (AvgIpc) is 2.28. The number of piperazine rings is 1. The van der Waals surface area contributed by atoms with Gasteiger partial charge in [-0.1, -0.05) is 13.8 Å². The molecule has 0 amide bonds. The van der Waals surface area contributed by atoms with Gasteiger partial charge in [0.25, 0.3) is 0 Å². The van der Waals surface area contributed by atoms with Crippen LogP contribution in [0.25, 0.3) is 0 Å². The van der Waals surface area contributed by atoms with Crippen LogP contribution in [0.4, 0.5) is 0 Å². The van der Waals surface area contributed by atoms with Gasteiger partial charge in [0, 0.05) is 49.5 Å². The second kappa shape index (κ2) is 5.33. The molecule has 1 aliphatic heterocycles. The first-order valence-electron chi connectivity index (χ1n) is 6.73. The molecular formula is C14H24N4. The molecule has 0 aliphatic carbocycles. The van der Waals surface area contributed by atoms with E-state index >= 15 is 0 Å². The summed E-state index contributed by atoms with van der Waals surface area (Å²) >= 11 is 0. The van der Waals surface area contributed by atoms with Gasteiger partial charge in [-0.15, -0.1) is 0 Å². The van der Waals surface area contributed by atoms with Crippen LogP contribution in [0, 0.1) is 13.8 Å². The molecule has 2 heterocycles. The van der Waals surface area contributed by atoms with Crippen molar-refractivity contribution in [2.45, 2.75) is 33.1 Å². The first-order valence-corrected chi connectivity index (χ1v) is 6.73. The second-order valence-corrected chi connectivity index (χ2v) is 5.88. The van der Waals surface area contributed by atoms with Gasteiger partial charge in [0.15, 0.2) is 0 Å². The molecule has 1 aromatic rings. The van der Waals surface area contributed by atoms with Crippen LogP contribution >= 0.6 is 0 Å². The van der Waals surface area contributed by atoms with Crippen LogP contribution < -0.4 is 5.32 Å². The molecule has 18 heavy (non-hydrogen) atoms. The molecule has 1 saturated heterocycles. The summed E-state index contributed by atoms with van der Waals surface area (Å²) in [5.74, 6) is 0.971. The molecule has 0 bridgehead atoms. The lowest BCUT2D eigenvalue weighted by Crippen LogP contribution is -2.48. The maximum atomic E-state index is 4.62. The fourth-order valence-electron chi connectivity index (χ4n) is 2.53. The summed E-state index contributed by atoms with van der Waals surface area (Å²) in [5.41, 5.74) is 2.13. The third-order valence-corrected chi connectivity index (χ3v) is 3.42. The summed E-state index contributed by atoms with van der Waals surface area (Å²) in [4.78, 5) is 11.7. The lowest BCUT2D eigenvalue weighted by Gasteiger charge is -2.34. The first-order chi connectivity index (χ1) is 8.47. The highest BCUT2D eigenvalue weighted by Crippen LogP contribution is 2.21. The number of rotatable bonds is 3. The van der Waals surface area contributed by atoms with E-state index in [4.69, 9.17) is 0 Å². The van der Waals surface area contributed by atoms with E-state index in [2.05, 4.69) is 34.0 Å². The SMILES string of the molecule is Cc1cc(C)nc(C(C)(C)CN2CCNCC2)n1. The normalized spacial score (nSPS) is 18.0. The third-order valence-electron chi connectivity index (χ3n) is 3.42. The monoisotopic (exact) mass is 248 g/mol. The van der Waals surface area contributed by atoms with E-state index in [0.29, 0.717) is 0 Å². The molecular weight excluding hydrogens is 224 g/mol. The Bertz CT molecular complexity index is 388. The van der Waals surface area contributed by atoms with Gasteiger partial charge in [0.1, 0.15) is 5.82 Å². The van der Waals surface area contributed by atoms with Gasteiger partial charge >= 0.3 is 0 Å². The number of nitrogens with one attached hydrogen (secondary N) is 1. The quantitative estimate of drug-likeness (QED) is 0.875. The molecule has 0 spiro atoms. The Hall–Kier alpha value is -1.00. The summed E-state index contributed by atoms with van der Waals surface area (Å²) < 4.78 is 0. The molecule has 1 fully saturated rings. The number of hydrogen-bond donors (Lipinski definition) is 1. The highest BCUT2D eigenvalue weighted by molar-refractivity contribution is 5.14. The first kappa shape index (κ1) is 13.4. The van der Waals surface area contributed by atoms with Crippen LogP contribution in [0.3, 0.4) is 0 Å². The van der Waals surface area contributed by atoms with E-state index in [1.807, 2.05) is 19.9 Å². The van der Waals surface area contributed by atoms with Gasteiger partial charge in [0.2, 0.25) is 0 Å². The van der Waals surface area contributed by atoms with Crippen molar-refractivity contribution in [2.75, 3.05) is 32.7 Å². The van der Waals surface area contributed by atoms with E-state index < -0.39 is 0 Å². The van der Waals surface area contributed by atoms with Crippen molar-refractivity contribution in [2.24, 2.45) is 0 Å². The van der Waals surface area contributed by atoms with Crippen molar-refractivity contribution < 1.29 is 0 Å². The predicted molar refractivity (Wildman–Crippen MR) is 73.8 cm³/mol. The summed E-state index contributed by atoms with van der Waals surface area (Å²) in [7, 11) is 0. The van der Waals surface area contributed by atoms with Crippen molar-refractivity contribution in [1.29, 1.82) is 0 Å². The molecule has 4 nitrogen and oxygen atoms in total. The lowest BCUT2D eigenvalue weighted by molar-refractivity contribution is 0.195. The number of aromatic nitrogens is 2. The highest BCUT2D eigenvalue weighted by atomic mass is 15.2. The molecule has 1 aliphatic rings. The minimum absolute atomic E-state index is 0.00806. The Kier molecular flexibility index (Phi) is 3.97. The maximum absolute atomic E-state index is 4.62. The van der Waals surface area contributed by atoms with E-state index in [-0.39, 0.29) is 5.41 Å². The Morgan fingerprint density at radius 1 is 1.17 bits per heavy atom. The Labute approximate surface area is 110 Å². The fraction of sp³-hybridized carbons (Fsp3) is 0.714. The van der Waals surface area contributed by atoms with Crippen LogP contribution in [0.1, 0.15) is 31.1 Å². The zero-order chi connectivity index (χ0) is 13.2. The molecule has 0 unspecified atom stereocenters. The van der Waals surface area contributed by atoms with Crippen LogP contribution in [-0.4, -0.2) is 47.6 Å². The van der Waals surface area contributed by atoms with E-state index in [1.165, 1.54) is 0 Å². The topological polar surface area (TPSA) is 41.1 Å². The lowest BCUT2D eigenvalue weighted by atomic mass is 9.91. The fourth-order valence-corrected chi connectivity index (χ4v) is 2.53. The van der Waals surface area contributed by atoms with Gasteiger partial charge in [-0.2, -0.15) is 0 Å². The molecule has 0 radical (unpaired) electrons. The minimum atomic E-state index is 0.00806. The van der Waals surface area contributed by atoms with E-state index in [0.717, 1.165) is 49.9 Å². The van der Waals surface area contributed by atoms with Gasteiger partial charge in [0.05, 0.1) is 0 Å². The van der Waals surface area contributed by atoms with Gasteiger partial charge in [-0.3, -0.25) is 4.90 Å². The number of nitrogens with zero attached hydrogens (tertiary/aromatic N) is 3.